The molecule has 9 nitrogen and oxygen atoms in total. The first-order valence-corrected chi connectivity index (χ1v) is 12.2. The zero-order chi connectivity index (χ0) is 24.4. The fraction of sp³-hybridized carbons (Fsp3) is 0.458. The molecule has 1 unspecified atom stereocenters. The second-order valence-electron chi connectivity index (χ2n) is 8.31. The predicted molar refractivity (Wildman–Crippen MR) is 127 cm³/mol. The molecule has 0 bridgehead atoms. The summed E-state index contributed by atoms with van der Waals surface area (Å²) >= 11 is 1.42. The normalized spacial score (nSPS) is 20.8. The number of ketones is 1. The van der Waals surface area contributed by atoms with E-state index in [0.717, 1.165) is 18.0 Å². The number of thiophene rings is 1. The summed E-state index contributed by atoms with van der Waals surface area (Å²) in [6.07, 6.45) is 0. The molecule has 0 saturated carbocycles. The lowest BCUT2D eigenvalue weighted by Gasteiger charge is -2.30. The van der Waals surface area contributed by atoms with Crippen molar-refractivity contribution in [1.29, 1.82) is 0 Å². The lowest BCUT2D eigenvalue weighted by molar-refractivity contribution is -0.140. The van der Waals surface area contributed by atoms with Crippen LogP contribution in [0.2, 0.25) is 0 Å². The van der Waals surface area contributed by atoms with Gasteiger partial charge in [0.15, 0.2) is 0 Å². The average Bonchev–Trinajstić information content (AvgIpc) is 3.51. The number of nitrogens with zero attached hydrogens (tertiary/aromatic N) is 2. The highest BCUT2D eigenvalue weighted by atomic mass is 32.1. The molecule has 0 spiro atoms. The van der Waals surface area contributed by atoms with Crippen molar-refractivity contribution in [3.8, 4) is 0 Å². The number of morpholine rings is 1. The van der Waals surface area contributed by atoms with Gasteiger partial charge in [0.1, 0.15) is 11.5 Å². The molecule has 4 heterocycles. The maximum Gasteiger partial charge on any atom is 0.355 e. The summed E-state index contributed by atoms with van der Waals surface area (Å²) in [5, 5.41) is 13.3. The number of nitrogens with one attached hydrogen (secondary N) is 1. The summed E-state index contributed by atoms with van der Waals surface area (Å²) in [7, 11) is 0. The number of aromatic nitrogens is 1. The van der Waals surface area contributed by atoms with Crippen molar-refractivity contribution in [2.75, 3.05) is 46.0 Å². The molecule has 0 aromatic carbocycles. The van der Waals surface area contributed by atoms with Crippen LogP contribution in [0.25, 0.3) is 5.76 Å². The van der Waals surface area contributed by atoms with Gasteiger partial charge in [-0.25, -0.2) is 4.79 Å². The van der Waals surface area contributed by atoms with Crippen LogP contribution in [0.5, 0.6) is 0 Å². The van der Waals surface area contributed by atoms with Crippen LogP contribution in [0, 0.1) is 13.8 Å². The third-order valence-electron chi connectivity index (χ3n) is 6.27. The molecule has 182 valence electrons. The third-order valence-corrected chi connectivity index (χ3v) is 7.19. The number of H-pyrrole nitrogens is 1. The van der Waals surface area contributed by atoms with Gasteiger partial charge in [0.25, 0.3) is 11.7 Å². The second kappa shape index (κ2) is 10.1. The molecule has 2 aromatic heterocycles. The zero-order valence-electron chi connectivity index (χ0n) is 19.6. The number of aliphatic hydroxyl groups excluding tert-OH is 1. The number of amides is 1. The fourth-order valence-electron chi connectivity index (χ4n) is 4.57. The Morgan fingerprint density at radius 3 is 2.65 bits per heavy atom. The summed E-state index contributed by atoms with van der Waals surface area (Å²) in [5.41, 5.74) is 1.58. The smallest absolute Gasteiger partial charge is 0.355 e. The van der Waals surface area contributed by atoms with Gasteiger partial charge in [0.05, 0.1) is 31.4 Å². The molecule has 2 aromatic rings. The van der Waals surface area contributed by atoms with E-state index in [2.05, 4.69) is 9.88 Å². The first kappa shape index (κ1) is 24.2. The largest absolute Gasteiger partial charge is 0.507 e. The Balaban J connectivity index is 1.74. The van der Waals surface area contributed by atoms with Gasteiger partial charge in [-0.3, -0.25) is 14.5 Å². The van der Waals surface area contributed by atoms with Gasteiger partial charge in [0.2, 0.25) is 0 Å². The quantitative estimate of drug-likeness (QED) is 0.267. The standard InChI is InChI=1S/C24H29N3O6S/c1-4-33-24(31)19-14(2)17(15(3)25-19)21(28)18-20(16-6-5-13-34-16)27(23(30)22(18)29)8-7-26-9-11-32-12-10-26/h5-6,13,20,25,28H,4,7-12H2,1-3H3. The Kier molecular flexibility index (Phi) is 7.20. The topological polar surface area (TPSA) is 112 Å². The van der Waals surface area contributed by atoms with E-state index in [1.54, 1.807) is 25.7 Å². The highest BCUT2D eigenvalue weighted by molar-refractivity contribution is 7.10. The van der Waals surface area contributed by atoms with Crippen LogP contribution in [-0.4, -0.2) is 83.5 Å². The number of likely N-dealkylation sites (tertiary alicyclic amines) is 1. The molecule has 1 amide bonds. The summed E-state index contributed by atoms with van der Waals surface area (Å²) in [4.78, 5) is 46.1. The summed E-state index contributed by atoms with van der Waals surface area (Å²) in [5.74, 6) is -2.18. The van der Waals surface area contributed by atoms with Gasteiger partial charge in [-0.1, -0.05) is 6.07 Å². The van der Waals surface area contributed by atoms with E-state index < -0.39 is 23.7 Å². The predicted octanol–water partition coefficient (Wildman–Crippen LogP) is 2.62. The molecule has 2 saturated heterocycles. The van der Waals surface area contributed by atoms with Crippen LogP contribution < -0.4 is 0 Å². The van der Waals surface area contributed by atoms with Crippen LogP contribution in [0.1, 0.15) is 45.2 Å². The van der Waals surface area contributed by atoms with Gasteiger partial charge >= 0.3 is 5.97 Å². The van der Waals surface area contributed by atoms with Gasteiger partial charge < -0.3 is 24.5 Å². The Bertz CT molecular complexity index is 1110. The minimum atomic E-state index is -0.726. The van der Waals surface area contributed by atoms with Crippen molar-refractivity contribution in [3.63, 3.8) is 0 Å². The lowest BCUT2D eigenvalue weighted by atomic mass is 9.97. The van der Waals surface area contributed by atoms with Crippen LogP contribution in [0.3, 0.4) is 0 Å². The number of esters is 1. The van der Waals surface area contributed by atoms with Crippen molar-refractivity contribution < 1.29 is 29.0 Å². The number of hydrogen-bond donors (Lipinski definition) is 2. The summed E-state index contributed by atoms with van der Waals surface area (Å²) in [6, 6.07) is 3.02. The van der Waals surface area contributed by atoms with E-state index in [1.807, 2.05) is 17.5 Å². The van der Waals surface area contributed by atoms with Crippen molar-refractivity contribution in [2.45, 2.75) is 26.8 Å². The highest BCUT2D eigenvalue weighted by Crippen LogP contribution is 2.42. The molecule has 0 aliphatic carbocycles. The van der Waals surface area contributed by atoms with Crippen LogP contribution in [-0.2, 0) is 19.1 Å². The molecule has 34 heavy (non-hydrogen) atoms. The van der Waals surface area contributed by atoms with Crippen molar-refractivity contribution >= 4 is 34.8 Å². The van der Waals surface area contributed by atoms with E-state index >= 15 is 0 Å². The first-order valence-electron chi connectivity index (χ1n) is 11.3. The zero-order valence-corrected chi connectivity index (χ0v) is 20.4. The molecule has 10 heteroatoms. The monoisotopic (exact) mass is 487 g/mol. The van der Waals surface area contributed by atoms with Crippen molar-refractivity contribution in [2.24, 2.45) is 0 Å². The van der Waals surface area contributed by atoms with Gasteiger partial charge in [-0.2, -0.15) is 0 Å². The van der Waals surface area contributed by atoms with Crippen LogP contribution >= 0.6 is 11.3 Å². The number of rotatable bonds is 7. The molecule has 2 aliphatic heterocycles. The average molecular weight is 488 g/mol. The van der Waals surface area contributed by atoms with Gasteiger partial charge in [0, 0.05) is 42.3 Å². The Morgan fingerprint density at radius 2 is 2.00 bits per heavy atom. The number of ether oxygens (including phenoxy) is 2. The van der Waals surface area contributed by atoms with E-state index in [1.165, 1.54) is 11.3 Å². The van der Waals surface area contributed by atoms with E-state index in [4.69, 9.17) is 9.47 Å². The highest BCUT2D eigenvalue weighted by Gasteiger charge is 2.47. The number of aliphatic hydroxyl groups is 1. The molecule has 1 atom stereocenters. The van der Waals surface area contributed by atoms with Crippen LogP contribution in [0.15, 0.2) is 23.1 Å². The van der Waals surface area contributed by atoms with Crippen molar-refractivity contribution in [1.82, 2.24) is 14.8 Å². The summed E-state index contributed by atoms with van der Waals surface area (Å²) in [6.45, 7) is 9.09. The van der Waals surface area contributed by atoms with Gasteiger partial charge in [-0.15, -0.1) is 11.3 Å². The Labute approximate surface area is 202 Å². The molecule has 0 radical (unpaired) electrons. The van der Waals surface area contributed by atoms with E-state index in [0.29, 0.717) is 43.1 Å². The molecular weight excluding hydrogens is 458 g/mol. The maximum atomic E-state index is 13.2. The second-order valence-corrected chi connectivity index (χ2v) is 9.29. The number of aromatic amines is 1. The minimum absolute atomic E-state index is 0.0371. The number of carbonyl (C=O) groups is 3. The maximum absolute atomic E-state index is 13.2. The number of hydrogen-bond acceptors (Lipinski definition) is 8. The van der Waals surface area contributed by atoms with E-state index in [-0.39, 0.29) is 23.6 Å². The molecule has 2 N–H and O–H groups in total. The number of aryl methyl sites for hydroxylation is 1. The van der Waals surface area contributed by atoms with Crippen LogP contribution in [0.4, 0.5) is 0 Å². The Morgan fingerprint density at radius 1 is 1.26 bits per heavy atom. The fourth-order valence-corrected chi connectivity index (χ4v) is 5.42. The summed E-state index contributed by atoms with van der Waals surface area (Å²) < 4.78 is 10.5. The van der Waals surface area contributed by atoms with Gasteiger partial charge in [-0.05, 0) is 37.8 Å². The minimum Gasteiger partial charge on any atom is -0.507 e. The molecular formula is C24H29N3O6S. The molecule has 4 rings (SSSR count). The van der Waals surface area contributed by atoms with Crippen molar-refractivity contribution in [3.05, 3.63) is 50.5 Å². The number of carbonyl (C=O) groups excluding carboxylic acids is 3. The Hall–Kier alpha value is -2.95. The first-order chi connectivity index (χ1) is 16.3. The van der Waals surface area contributed by atoms with E-state index in [9.17, 15) is 19.5 Å². The SMILES string of the molecule is CCOC(=O)c1[nH]c(C)c(C(O)=C2C(=O)C(=O)N(CCN3CCOCC3)C2c2cccs2)c1C. The molecule has 2 aliphatic rings. The molecule has 2 fully saturated rings. The lowest BCUT2D eigenvalue weighted by Crippen LogP contribution is -2.42. The number of Topliss-reactive ketones (excluding diaryl/α,β-unsaturated/α-hetero) is 1. The third kappa shape index (κ3) is 4.40.